The summed E-state index contributed by atoms with van der Waals surface area (Å²) >= 11 is 2.26. The van der Waals surface area contributed by atoms with Gasteiger partial charge in [-0.2, -0.15) is 0 Å². The third kappa shape index (κ3) is 2.87. The summed E-state index contributed by atoms with van der Waals surface area (Å²) < 4.78 is 1.16. The molecular formula is C15H20INO. The van der Waals surface area contributed by atoms with Gasteiger partial charge < -0.3 is 4.90 Å². The first kappa shape index (κ1) is 13.8. The van der Waals surface area contributed by atoms with Gasteiger partial charge in [0.05, 0.1) is 0 Å². The lowest BCUT2D eigenvalue weighted by molar-refractivity contribution is 0.0455. The first-order valence-electron chi connectivity index (χ1n) is 6.55. The molecular weight excluding hydrogens is 337 g/mol. The van der Waals surface area contributed by atoms with E-state index in [-0.39, 0.29) is 5.91 Å². The van der Waals surface area contributed by atoms with E-state index >= 15 is 0 Å². The smallest absolute Gasteiger partial charge is 0.254 e. The van der Waals surface area contributed by atoms with E-state index in [9.17, 15) is 4.79 Å². The second-order valence-corrected chi connectivity index (χ2v) is 6.77. The molecule has 1 heterocycles. The number of nitrogens with zero attached hydrogens (tertiary/aromatic N) is 1. The van der Waals surface area contributed by atoms with Crippen molar-refractivity contribution in [2.45, 2.75) is 33.2 Å². The molecule has 1 amide bonds. The Bertz CT molecular complexity index is 429. The van der Waals surface area contributed by atoms with E-state index in [1.165, 1.54) is 6.42 Å². The summed E-state index contributed by atoms with van der Waals surface area (Å²) in [6.45, 7) is 7.53. The third-order valence-corrected chi connectivity index (χ3v) is 4.67. The molecule has 18 heavy (non-hydrogen) atoms. The lowest BCUT2D eigenvalue weighted by Gasteiger charge is -2.41. The molecule has 0 N–H and O–H groups in total. The first-order chi connectivity index (χ1) is 8.49. The molecule has 0 bridgehead atoms. The molecule has 2 nitrogen and oxygen atoms in total. The fraction of sp³-hybridized carbons (Fsp3) is 0.533. The maximum atomic E-state index is 12.5. The van der Waals surface area contributed by atoms with E-state index in [1.54, 1.807) is 0 Å². The molecule has 2 rings (SSSR count). The predicted molar refractivity (Wildman–Crippen MR) is 82.6 cm³/mol. The Hall–Kier alpha value is -0.580. The minimum Gasteiger partial charge on any atom is -0.335 e. The van der Waals surface area contributed by atoms with Gasteiger partial charge in [-0.25, -0.2) is 0 Å². The second kappa shape index (κ2) is 5.59. The molecule has 0 spiro atoms. The number of benzene rings is 1. The van der Waals surface area contributed by atoms with Crippen molar-refractivity contribution >= 4 is 28.5 Å². The van der Waals surface area contributed by atoms with Crippen LogP contribution in [0.15, 0.2) is 24.3 Å². The minimum atomic E-state index is 0.178. The third-order valence-electron chi connectivity index (χ3n) is 3.95. The van der Waals surface area contributed by atoms with Gasteiger partial charge in [-0.15, -0.1) is 0 Å². The Morgan fingerprint density at radius 2 is 1.83 bits per heavy atom. The lowest BCUT2D eigenvalue weighted by Crippen LogP contribution is -2.48. The molecule has 1 saturated heterocycles. The summed E-state index contributed by atoms with van der Waals surface area (Å²) in [4.78, 5) is 14.6. The molecule has 3 atom stereocenters. The Labute approximate surface area is 123 Å². The highest BCUT2D eigenvalue weighted by molar-refractivity contribution is 14.1. The summed E-state index contributed by atoms with van der Waals surface area (Å²) in [5, 5.41) is 0. The van der Waals surface area contributed by atoms with Gasteiger partial charge >= 0.3 is 0 Å². The van der Waals surface area contributed by atoms with Crippen molar-refractivity contribution in [2.75, 3.05) is 6.54 Å². The van der Waals surface area contributed by atoms with Gasteiger partial charge in [0, 0.05) is 21.7 Å². The quantitative estimate of drug-likeness (QED) is 0.701. The van der Waals surface area contributed by atoms with E-state index < -0.39 is 0 Å². The Kier molecular flexibility index (Phi) is 4.30. The van der Waals surface area contributed by atoms with Crippen LogP contribution in [0.4, 0.5) is 0 Å². The van der Waals surface area contributed by atoms with Crippen LogP contribution in [-0.2, 0) is 0 Å². The minimum absolute atomic E-state index is 0.178. The fourth-order valence-corrected chi connectivity index (χ4v) is 3.10. The Morgan fingerprint density at radius 3 is 2.44 bits per heavy atom. The number of halogens is 1. The maximum absolute atomic E-state index is 12.5. The molecule has 0 radical (unpaired) electrons. The summed E-state index contributed by atoms with van der Waals surface area (Å²) in [6.07, 6.45) is 1.22. The van der Waals surface area contributed by atoms with Crippen molar-refractivity contribution in [3.8, 4) is 0 Å². The van der Waals surface area contributed by atoms with Gasteiger partial charge in [0.1, 0.15) is 0 Å². The SMILES string of the molecule is CC1CC(C)C(C)N(C(=O)c2ccc(I)cc2)C1. The standard InChI is InChI=1S/C15H20INO/c1-10-8-11(2)12(3)17(9-10)15(18)13-4-6-14(16)7-5-13/h4-7,10-12H,8-9H2,1-3H3. The van der Waals surface area contributed by atoms with Crippen LogP contribution in [0.1, 0.15) is 37.6 Å². The highest BCUT2D eigenvalue weighted by atomic mass is 127. The van der Waals surface area contributed by atoms with Gasteiger partial charge in [-0.3, -0.25) is 4.79 Å². The average molecular weight is 357 g/mol. The number of piperidine rings is 1. The summed E-state index contributed by atoms with van der Waals surface area (Å²) in [5.74, 6) is 1.36. The van der Waals surface area contributed by atoms with Gasteiger partial charge in [0.15, 0.2) is 0 Å². The number of carbonyl (C=O) groups is 1. The lowest BCUT2D eigenvalue weighted by atomic mass is 9.85. The van der Waals surface area contributed by atoms with Gasteiger partial charge in [0.2, 0.25) is 0 Å². The molecule has 1 fully saturated rings. The van der Waals surface area contributed by atoms with E-state index in [4.69, 9.17) is 0 Å². The number of rotatable bonds is 1. The van der Waals surface area contributed by atoms with Crippen LogP contribution in [0.5, 0.6) is 0 Å². The largest absolute Gasteiger partial charge is 0.335 e. The first-order valence-corrected chi connectivity index (χ1v) is 7.63. The van der Waals surface area contributed by atoms with E-state index in [1.807, 2.05) is 29.2 Å². The van der Waals surface area contributed by atoms with Gasteiger partial charge in [-0.05, 0) is 72.0 Å². The number of hydrogen-bond acceptors (Lipinski definition) is 1. The number of amides is 1. The number of likely N-dealkylation sites (tertiary alicyclic amines) is 1. The van der Waals surface area contributed by atoms with Crippen LogP contribution in [0.3, 0.4) is 0 Å². The average Bonchev–Trinajstić information content (AvgIpc) is 2.34. The van der Waals surface area contributed by atoms with Crippen LogP contribution in [0.25, 0.3) is 0 Å². The normalized spacial score (nSPS) is 28.2. The summed E-state index contributed by atoms with van der Waals surface area (Å²) in [6, 6.07) is 8.19. The van der Waals surface area contributed by atoms with E-state index in [0.29, 0.717) is 17.9 Å². The van der Waals surface area contributed by atoms with Crippen LogP contribution in [-0.4, -0.2) is 23.4 Å². The van der Waals surface area contributed by atoms with Crippen LogP contribution in [0, 0.1) is 15.4 Å². The maximum Gasteiger partial charge on any atom is 0.254 e. The van der Waals surface area contributed by atoms with E-state index in [0.717, 1.165) is 15.7 Å². The van der Waals surface area contributed by atoms with Crippen molar-refractivity contribution in [2.24, 2.45) is 11.8 Å². The second-order valence-electron chi connectivity index (χ2n) is 5.52. The fourth-order valence-electron chi connectivity index (χ4n) is 2.74. The zero-order chi connectivity index (χ0) is 13.3. The highest BCUT2D eigenvalue weighted by Gasteiger charge is 2.32. The molecule has 3 heteroatoms. The van der Waals surface area contributed by atoms with Crippen molar-refractivity contribution in [3.63, 3.8) is 0 Å². The van der Waals surface area contributed by atoms with Gasteiger partial charge in [0.25, 0.3) is 5.91 Å². The zero-order valence-electron chi connectivity index (χ0n) is 11.2. The van der Waals surface area contributed by atoms with Gasteiger partial charge in [-0.1, -0.05) is 13.8 Å². The van der Waals surface area contributed by atoms with Crippen molar-refractivity contribution in [1.82, 2.24) is 4.90 Å². The summed E-state index contributed by atoms with van der Waals surface area (Å²) in [5.41, 5.74) is 0.809. The van der Waals surface area contributed by atoms with Crippen molar-refractivity contribution in [1.29, 1.82) is 0 Å². The molecule has 0 saturated carbocycles. The molecule has 1 aliphatic heterocycles. The van der Waals surface area contributed by atoms with Crippen LogP contribution >= 0.6 is 22.6 Å². The van der Waals surface area contributed by atoms with E-state index in [2.05, 4.69) is 43.4 Å². The molecule has 1 aromatic rings. The number of carbonyl (C=O) groups excluding carboxylic acids is 1. The Morgan fingerprint density at radius 1 is 1.22 bits per heavy atom. The molecule has 1 aromatic carbocycles. The van der Waals surface area contributed by atoms with Crippen LogP contribution < -0.4 is 0 Å². The molecule has 3 unspecified atom stereocenters. The summed E-state index contributed by atoms with van der Waals surface area (Å²) in [7, 11) is 0. The molecule has 0 aromatic heterocycles. The zero-order valence-corrected chi connectivity index (χ0v) is 13.3. The van der Waals surface area contributed by atoms with Crippen molar-refractivity contribution < 1.29 is 4.79 Å². The topological polar surface area (TPSA) is 20.3 Å². The molecule has 1 aliphatic rings. The molecule has 98 valence electrons. The predicted octanol–water partition coefficient (Wildman–Crippen LogP) is 3.80. The van der Waals surface area contributed by atoms with Crippen molar-refractivity contribution in [3.05, 3.63) is 33.4 Å². The Balaban J connectivity index is 2.19. The monoisotopic (exact) mass is 357 g/mol. The van der Waals surface area contributed by atoms with Crippen LogP contribution in [0.2, 0.25) is 0 Å². The highest BCUT2D eigenvalue weighted by Crippen LogP contribution is 2.28. The molecule has 0 aliphatic carbocycles. The number of hydrogen-bond donors (Lipinski definition) is 0.